The molecular weight excluding hydrogens is 254 g/mol. The van der Waals surface area contributed by atoms with E-state index >= 15 is 0 Å². The van der Waals surface area contributed by atoms with Crippen LogP contribution in [0.15, 0.2) is 12.1 Å². The van der Waals surface area contributed by atoms with Gasteiger partial charge in [-0.1, -0.05) is 38.3 Å². The fourth-order valence-electron chi connectivity index (χ4n) is 2.46. The number of rotatable bonds is 2. The van der Waals surface area contributed by atoms with Crippen LogP contribution in [0.3, 0.4) is 0 Å². The topological polar surface area (TPSA) is 29.1 Å². The van der Waals surface area contributed by atoms with Gasteiger partial charge in [0.15, 0.2) is 0 Å². The Morgan fingerprint density at radius 3 is 2.82 bits per heavy atom. The van der Waals surface area contributed by atoms with Crippen molar-refractivity contribution in [1.82, 2.24) is 5.32 Å². The molecule has 1 aliphatic carbocycles. The second-order valence-electron chi connectivity index (χ2n) is 4.95. The van der Waals surface area contributed by atoms with Gasteiger partial charge in [0.2, 0.25) is 0 Å². The number of nitrogens with one attached hydrogen (secondary N) is 1. The Bertz CT molecular complexity index is 404. The van der Waals surface area contributed by atoms with E-state index in [9.17, 15) is 4.79 Å². The third-order valence-corrected chi connectivity index (χ3v) is 5.05. The molecule has 17 heavy (non-hydrogen) atoms. The molecule has 0 bridgehead atoms. The lowest BCUT2D eigenvalue weighted by molar-refractivity contribution is 0.0895. The smallest absolute Gasteiger partial charge is 0.261 e. The molecule has 0 aliphatic heterocycles. The van der Waals surface area contributed by atoms with Gasteiger partial charge >= 0.3 is 0 Å². The summed E-state index contributed by atoms with van der Waals surface area (Å²) in [4.78, 5) is 12.7. The van der Waals surface area contributed by atoms with Crippen LogP contribution < -0.4 is 5.32 Å². The van der Waals surface area contributed by atoms with E-state index in [0.717, 1.165) is 6.42 Å². The summed E-state index contributed by atoms with van der Waals surface area (Å²) in [5.41, 5.74) is 0. The van der Waals surface area contributed by atoms with E-state index in [1.165, 1.54) is 24.2 Å². The summed E-state index contributed by atoms with van der Waals surface area (Å²) in [6.07, 6.45) is 3.58. The van der Waals surface area contributed by atoms with Gasteiger partial charge in [-0.2, -0.15) is 0 Å². The number of hydrogen-bond acceptors (Lipinski definition) is 2. The van der Waals surface area contributed by atoms with E-state index in [-0.39, 0.29) is 5.91 Å². The van der Waals surface area contributed by atoms with Gasteiger partial charge in [-0.05, 0) is 30.4 Å². The normalized spacial score (nSPS) is 29.0. The quantitative estimate of drug-likeness (QED) is 0.867. The van der Waals surface area contributed by atoms with E-state index in [1.807, 2.05) is 0 Å². The minimum atomic E-state index is 0.0212. The van der Waals surface area contributed by atoms with Crippen LogP contribution in [-0.4, -0.2) is 11.9 Å². The molecule has 1 fully saturated rings. The second-order valence-corrected chi connectivity index (χ2v) is 6.67. The zero-order valence-corrected chi connectivity index (χ0v) is 11.8. The highest BCUT2D eigenvalue weighted by atomic mass is 35.5. The second kappa shape index (κ2) is 5.40. The first kappa shape index (κ1) is 12.9. The monoisotopic (exact) mass is 271 g/mol. The van der Waals surface area contributed by atoms with Gasteiger partial charge in [0.05, 0.1) is 9.21 Å². The standard InChI is InChI=1S/C13H18ClNOS/c1-8-4-3-5-10(9(8)2)15-13(16)11-6-7-12(14)17-11/h6-10H,3-5H2,1-2H3,(H,15,16)/t8-,9-,10-/m1/s1. The Hall–Kier alpha value is -0.540. The molecule has 1 amide bonds. The number of halogens is 1. The van der Waals surface area contributed by atoms with Crippen molar-refractivity contribution in [2.24, 2.45) is 11.8 Å². The maximum atomic E-state index is 12.0. The molecule has 94 valence electrons. The van der Waals surface area contributed by atoms with Crippen LogP contribution in [0.5, 0.6) is 0 Å². The number of carbonyl (C=O) groups excluding carboxylic acids is 1. The van der Waals surface area contributed by atoms with E-state index in [4.69, 9.17) is 11.6 Å². The van der Waals surface area contributed by atoms with Crippen molar-refractivity contribution in [3.05, 3.63) is 21.3 Å². The maximum absolute atomic E-state index is 12.0. The van der Waals surface area contributed by atoms with E-state index in [2.05, 4.69) is 19.2 Å². The summed E-state index contributed by atoms with van der Waals surface area (Å²) in [7, 11) is 0. The molecule has 1 aliphatic rings. The summed E-state index contributed by atoms with van der Waals surface area (Å²) in [5, 5.41) is 3.14. The van der Waals surface area contributed by atoms with Gasteiger partial charge in [0.1, 0.15) is 0 Å². The lowest BCUT2D eigenvalue weighted by Gasteiger charge is -2.34. The van der Waals surface area contributed by atoms with E-state index in [1.54, 1.807) is 12.1 Å². The predicted molar refractivity (Wildman–Crippen MR) is 72.8 cm³/mol. The summed E-state index contributed by atoms with van der Waals surface area (Å²) < 4.78 is 0.667. The summed E-state index contributed by atoms with van der Waals surface area (Å²) >= 11 is 7.18. The van der Waals surface area contributed by atoms with Crippen molar-refractivity contribution in [2.75, 3.05) is 0 Å². The molecule has 0 aromatic carbocycles. The molecule has 0 saturated heterocycles. The minimum Gasteiger partial charge on any atom is -0.348 e. The summed E-state index contributed by atoms with van der Waals surface area (Å²) in [5.74, 6) is 1.27. The van der Waals surface area contributed by atoms with Crippen LogP contribution >= 0.6 is 22.9 Å². The zero-order valence-electron chi connectivity index (χ0n) is 10.2. The first-order chi connectivity index (χ1) is 8.08. The lowest BCUT2D eigenvalue weighted by atomic mass is 9.78. The lowest BCUT2D eigenvalue weighted by Crippen LogP contribution is -2.43. The van der Waals surface area contributed by atoms with E-state index in [0.29, 0.717) is 27.1 Å². The molecule has 0 unspecified atom stereocenters. The van der Waals surface area contributed by atoms with Crippen LogP contribution in [0.1, 0.15) is 42.8 Å². The maximum Gasteiger partial charge on any atom is 0.261 e. The molecular formula is C13H18ClNOS. The van der Waals surface area contributed by atoms with Crippen LogP contribution in [0, 0.1) is 11.8 Å². The predicted octanol–water partition coefficient (Wildman–Crippen LogP) is 3.96. The molecule has 1 aromatic heterocycles. The van der Waals surface area contributed by atoms with Crippen LogP contribution in [0.25, 0.3) is 0 Å². The number of hydrogen-bond donors (Lipinski definition) is 1. The van der Waals surface area contributed by atoms with Gasteiger partial charge in [-0.3, -0.25) is 4.79 Å². The van der Waals surface area contributed by atoms with Crippen LogP contribution in [-0.2, 0) is 0 Å². The van der Waals surface area contributed by atoms with Gasteiger partial charge in [-0.25, -0.2) is 0 Å². The molecule has 2 rings (SSSR count). The fourth-order valence-corrected chi connectivity index (χ4v) is 3.41. The molecule has 1 saturated carbocycles. The van der Waals surface area contributed by atoms with Gasteiger partial charge < -0.3 is 5.32 Å². The molecule has 3 atom stereocenters. The average Bonchev–Trinajstić information content (AvgIpc) is 2.72. The minimum absolute atomic E-state index is 0.0212. The third kappa shape index (κ3) is 3.02. The Labute approximate surface area is 111 Å². The SMILES string of the molecule is C[C@@H]1[C@H](C)CCC[C@H]1NC(=O)c1ccc(Cl)s1. The van der Waals surface area contributed by atoms with Crippen molar-refractivity contribution < 1.29 is 4.79 Å². The first-order valence-corrected chi connectivity index (χ1v) is 7.33. The highest BCUT2D eigenvalue weighted by Crippen LogP contribution is 2.30. The van der Waals surface area contributed by atoms with Crippen molar-refractivity contribution in [2.45, 2.75) is 39.2 Å². The summed E-state index contributed by atoms with van der Waals surface area (Å²) in [6, 6.07) is 3.87. The van der Waals surface area contributed by atoms with Crippen molar-refractivity contribution in [1.29, 1.82) is 0 Å². The molecule has 4 heteroatoms. The van der Waals surface area contributed by atoms with Crippen molar-refractivity contribution >= 4 is 28.8 Å². The Kier molecular flexibility index (Phi) is 4.10. The number of thiophene rings is 1. The molecule has 2 nitrogen and oxygen atoms in total. The largest absolute Gasteiger partial charge is 0.348 e. The first-order valence-electron chi connectivity index (χ1n) is 6.14. The Morgan fingerprint density at radius 1 is 1.41 bits per heavy atom. The van der Waals surface area contributed by atoms with Crippen LogP contribution in [0.4, 0.5) is 0 Å². The Balaban J connectivity index is 1.98. The highest BCUT2D eigenvalue weighted by Gasteiger charge is 2.28. The summed E-state index contributed by atoms with van der Waals surface area (Å²) in [6.45, 7) is 4.50. The Morgan fingerprint density at radius 2 is 2.18 bits per heavy atom. The zero-order chi connectivity index (χ0) is 12.4. The van der Waals surface area contributed by atoms with Crippen molar-refractivity contribution in [3.8, 4) is 0 Å². The molecule has 1 heterocycles. The number of amides is 1. The fraction of sp³-hybridized carbons (Fsp3) is 0.615. The van der Waals surface area contributed by atoms with Crippen LogP contribution in [0.2, 0.25) is 4.34 Å². The third-order valence-electron chi connectivity index (χ3n) is 3.82. The van der Waals surface area contributed by atoms with Gasteiger partial charge in [0.25, 0.3) is 5.91 Å². The van der Waals surface area contributed by atoms with Gasteiger partial charge in [-0.15, -0.1) is 11.3 Å². The molecule has 1 N–H and O–H groups in total. The number of carbonyl (C=O) groups is 1. The molecule has 0 spiro atoms. The van der Waals surface area contributed by atoms with Crippen molar-refractivity contribution in [3.63, 3.8) is 0 Å². The average molecular weight is 272 g/mol. The van der Waals surface area contributed by atoms with Gasteiger partial charge in [0, 0.05) is 6.04 Å². The molecule has 1 aromatic rings. The van der Waals surface area contributed by atoms with E-state index < -0.39 is 0 Å². The molecule has 0 radical (unpaired) electrons. The highest BCUT2D eigenvalue weighted by molar-refractivity contribution is 7.17.